The number of nitrogens with one attached hydrogen (secondary N) is 1. The molecule has 31 heavy (non-hydrogen) atoms. The van der Waals surface area contributed by atoms with Gasteiger partial charge in [-0.05, 0) is 49.5 Å². The fraction of sp³-hybridized carbons (Fsp3) is 0.391. The van der Waals surface area contributed by atoms with Gasteiger partial charge in [-0.1, -0.05) is 5.57 Å². The van der Waals surface area contributed by atoms with Gasteiger partial charge in [0.25, 0.3) is 0 Å². The third-order valence-electron chi connectivity index (χ3n) is 6.35. The van der Waals surface area contributed by atoms with Gasteiger partial charge in [-0.15, -0.1) is 11.3 Å². The third-order valence-corrected chi connectivity index (χ3v) is 7.07. The molecule has 2 fully saturated rings. The Labute approximate surface area is 184 Å². The standard InChI is InChI=1S/C23H24N4O3S/c28-20(27-8-3-16(4-9-27)14-19-24-7-12-31-19)2-1-17-13-18-21(25-15-17)26-22(29)23(18)5-10-30-11-6-23/h1-2,7,12-15H,3-6,8-11H2,(H,25,26,29)/b2-1+. The number of hydrogen-bond donors (Lipinski definition) is 1. The SMILES string of the molecule is O=C(/C=C/c1cnc2c(c1)C1(CCOCC1)C(=O)N2)N1CCC(=Cc2nccs2)CC1. The highest BCUT2D eigenvalue weighted by Gasteiger charge is 2.48. The van der Waals surface area contributed by atoms with E-state index < -0.39 is 5.41 Å². The van der Waals surface area contributed by atoms with Crippen molar-refractivity contribution in [3.63, 3.8) is 0 Å². The Hall–Kier alpha value is -2.84. The first kappa shape index (κ1) is 20.1. The Morgan fingerprint density at radius 3 is 2.77 bits per heavy atom. The van der Waals surface area contributed by atoms with E-state index in [4.69, 9.17) is 4.74 Å². The maximum atomic E-state index is 12.7. The third kappa shape index (κ3) is 3.93. The minimum atomic E-state index is -0.554. The highest BCUT2D eigenvalue weighted by Crippen LogP contribution is 2.43. The van der Waals surface area contributed by atoms with Crippen LogP contribution in [0.1, 0.15) is 41.8 Å². The maximum absolute atomic E-state index is 12.7. The van der Waals surface area contributed by atoms with Gasteiger partial charge in [0.2, 0.25) is 11.8 Å². The minimum Gasteiger partial charge on any atom is -0.381 e. The van der Waals surface area contributed by atoms with E-state index in [9.17, 15) is 9.59 Å². The summed E-state index contributed by atoms with van der Waals surface area (Å²) >= 11 is 1.63. The molecule has 0 bridgehead atoms. The molecule has 0 unspecified atom stereocenters. The molecule has 2 saturated heterocycles. The smallest absolute Gasteiger partial charge is 0.246 e. The first-order chi connectivity index (χ1) is 15.1. The summed E-state index contributed by atoms with van der Waals surface area (Å²) in [7, 11) is 0. The van der Waals surface area contributed by atoms with E-state index in [0.29, 0.717) is 45.0 Å². The molecule has 0 aliphatic carbocycles. The van der Waals surface area contributed by atoms with Crippen LogP contribution in [0.3, 0.4) is 0 Å². The Morgan fingerprint density at radius 1 is 1.23 bits per heavy atom. The van der Waals surface area contributed by atoms with Crippen LogP contribution >= 0.6 is 11.3 Å². The van der Waals surface area contributed by atoms with Crippen LogP contribution in [0.25, 0.3) is 12.2 Å². The number of ether oxygens (including phenoxy) is 1. The number of nitrogens with zero attached hydrogens (tertiary/aromatic N) is 3. The predicted octanol–water partition coefficient (Wildman–Crippen LogP) is 3.26. The van der Waals surface area contributed by atoms with E-state index in [1.165, 1.54) is 5.57 Å². The van der Waals surface area contributed by atoms with Crippen LogP contribution in [0.15, 0.2) is 35.5 Å². The van der Waals surface area contributed by atoms with Crippen LogP contribution in [-0.2, 0) is 19.7 Å². The molecule has 1 spiro atoms. The monoisotopic (exact) mass is 436 g/mol. The Kier molecular flexibility index (Phi) is 5.41. The van der Waals surface area contributed by atoms with Crippen molar-refractivity contribution in [2.24, 2.45) is 0 Å². The summed E-state index contributed by atoms with van der Waals surface area (Å²) in [6.45, 7) is 2.56. The predicted molar refractivity (Wildman–Crippen MR) is 120 cm³/mol. The van der Waals surface area contributed by atoms with Crippen molar-refractivity contribution in [2.45, 2.75) is 31.1 Å². The molecule has 0 aromatic carbocycles. The summed E-state index contributed by atoms with van der Waals surface area (Å²) in [4.78, 5) is 35.9. The second-order valence-corrected chi connectivity index (χ2v) is 9.07. The van der Waals surface area contributed by atoms with E-state index in [1.54, 1.807) is 29.7 Å². The second-order valence-electron chi connectivity index (χ2n) is 8.14. The number of fused-ring (bicyclic) bond motifs is 2. The molecule has 1 N–H and O–H groups in total. The van der Waals surface area contributed by atoms with Gasteiger partial charge in [-0.25, -0.2) is 9.97 Å². The number of aromatic nitrogens is 2. The lowest BCUT2D eigenvalue weighted by atomic mass is 9.75. The van der Waals surface area contributed by atoms with Gasteiger partial charge in [-0.2, -0.15) is 0 Å². The first-order valence-electron chi connectivity index (χ1n) is 10.6. The summed E-state index contributed by atoms with van der Waals surface area (Å²) in [5, 5.41) is 5.90. The fourth-order valence-electron chi connectivity index (χ4n) is 4.51. The molecule has 160 valence electrons. The molecule has 5 rings (SSSR count). The van der Waals surface area contributed by atoms with Crippen LogP contribution in [0.5, 0.6) is 0 Å². The largest absolute Gasteiger partial charge is 0.381 e. The number of rotatable bonds is 3. The van der Waals surface area contributed by atoms with Crippen molar-refractivity contribution in [3.8, 4) is 0 Å². The van der Waals surface area contributed by atoms with Gasteiger partial charge in [0.15, 0.2) is 0 Å². The van der Waals surface area contributed by atoms with Crippen molar-refractivity contribution in [2.75, 3.05) is 31.6 Å². The molecule has 5 heterocycles. The second kappa shape index (κ2) is 8.36. The number of anilines is 1. The topological polar surface area (TPSA) is 84.4 Å². The molecule has 8 heteroatoms. The maximum Gasteiger partial charge on any atom is 0.246 e. The molecular weight excluding hydrogens is 412 g/mol. The Morgan fingerprint density at radius 2 is 2.03 bits per heavy atom. The zero-order valence-corrected chi connectivity index (χ0v) is 18.0. The summed E-state index contributed by atoms with van der Waals surface area (Å²) in [6, 6.07) is 1.99. The zero-order chi connectivity index (χ0) is 21.3. The van der Waals surface area contributed by atoms with E-state index in [-0.39, 0.29) is 11.8 Å². The average Bonchev–Trinajstić information content (AvgIpc) is 3.40. The van der Waals surface area contributed by atoms with Gasteiger partial charge >= 0.3 is 0 Å². The molecule has 2 amide bonds. The van der Waals surface area contributed by atoms with Gasteiger partial charge in [-0.3, -0.25) is 9.59 Å². The Balaban J connectivity index is 1.25. The first-order valence-corrected chi connectivity index (χ1v) is 11.5. The molecular formula is C23H24N4O3S. The number of hydrogen-bond acceptors (Lipinski definition) is 6. The number of carbonyl (C=O) groups is 2. The van der Waals surface area contributed by atoms with E-state index >= 15 is 0 Å². The highest BCUT2D eigenvalue weighted by atomic mass is 32.1. The van der Waals surface area contributed by atoms with Crippen molar-refractivity contribution in [3.05, 3.63) is 51.6 Å². The molecule has 7 nitrogen and oxygen atoms in total. The summed E-state index contributed by atoms with van der Waals surface area (Å²) < 4.78 is 5.46. The number of amides is 2. The lowest BCUT2D eigenvalue weighted by Gasteiger charge is -2.31. The quantitative estimate of drug-likeness (QED) is 0.747. The van der Waals surface area contributed by atoms with Crippen molar-refractivity contribution in [1.82, 2.24) is 14.9 Å². The van der Waals surface area contributed by atoms with Crippen LogP contribution in [0.2, 0.25) is 0 Å². The molecule has 3 aliphatic rings. The lowest BCUT2D eigenvalue weighted by molar-refractivity contribution is -0.126. The average molecular weight is 437 g/mol. The number of pyridine rings is 1. The van der Waals surface area contributed by atoms with Crippen LogP contribution < -0.4 is 5.32 Å². The highest BCUT2D eigenvalue weighted by molar-refractivity contribution is 7.10. The summed E-state index contributed by atoms with van der Waals surface area (Å²) in [5.41, 5.74) is 2.53. The fourth-order valence-corrected chi connectivity index (χ4v) is 5.13. The van der Waals surface area contributed by atoms with Crippen LogP contribution in [-0.4, -0.2) is 53.0 Å². The molecule has 2 aromatic rings. The summed E-state index contributed by atoms with van der Waals surface area (Å²) in [5.74, 6) is 0.639. The van der Waals surface area contributed by atoms with Crippen molar-refractivity contribution >= 4 is 41.1 Å². The van der Waals surface area contributed by atoms with Gasteiger partial charge in [0, 0.05) is 55.7 Å². The number of likely N-dealkylation sites (tertiary alicyclic amines) is 1. The van der Waals surface area contributed by atoms with E-state index in [2.05, 4.69) is 21.4 Å². The zero-order valence-electron chi connectivity index (χ0n) is 17.2. The van der Waals surface area contributed by atoms with Gasteiger partial charge in [0.05, 0.1) is 5.41 Å². The number of carbonyl (C=O) groups excluding carboxylic acids is 2. The molecule has 2 aromatic heterocycles. The summed E-state index contributed by atoms with van der Waals surface area (Å²) in [6.07, 6.45) is 12.1. The van der Waals surface area contributed by atoms with Gasteiger partial charge < -0.3 is 15.0 Å². The minimum absolute atomic E-state index is 0.00350. The molecule has 0 radical (unpaired) electrons. The van der Waals surface area contributed by atoms with E-state index in [0.717, 1.165) is 29.0 Å². The lowest BCUT2D eigenvalue weighted by Crippen LogP contribution is -2.40. The molecule has 0 atom stereocenters. The molecule has 0 saturated carbocycles. The number of piperidine rings is 1. The van der Waals surface area contributed by atoms with Crippen LogP contribution in [0.4, 0.5) is 5.82 Å². The van der Waals surface area contributed by atoms with E-state index in [1.807, 2.05) is 22.5 Å². The normalized spacial score (nSPS) is 20.2. The van der Waals surface area contributed by atoms with Gasteiger partial charge in [0.1, 0.15) is 10.8 Å². The van der Waals surface area contributed by atoms with Crippen molar-refractivity contribution in [1.29, 1.82) is 0 Å². The molecule has 3 aliphatic heterocycles. The Bertz CT molecular complexity index is 1040. The number of thiazole rings is 1. The van der Waals surface area contributed by atoms with Crippen molar-refractivity contribution < 1.29 is 14.3 Å². The van der Waals surface area contributed by atoms with Crippen LogP contribution in [0, 0.1) is 0 Å².